The third-order valence-electron chi connectivity index (χ3n) is 2.09. The fourth-order valence-corrected chi connectivity index (χ4v) is 1.79. The maximum absolute atomic E-state index is 10.0. The zero-order chi connectivity index (χ0) is 10.7. The van der Waals surface area contributed by atoms with Gasteiger partial charge in [0.1, 0.15) is 17.5 Å². The van der Waals surface area contributed by atoms with Crippen LogP contribution in [0.3, 0.4) is 0 Å². The number of aromatic nitrogens is 2. The van der Waals surface area contributed by atoms with E-state index in [1.807, 2.05) is 18.2 Å². The van der Waals surface area contributed by atoms with Gasteiger partial charge < -0.3 is 9.84 Å². The molecule has 78 valence electrons. The lowest BCUT2D eigenvalue weighted by Gasteiger charge is -2.11. The van der Waals surface area contributed by atoms with Crippen LogP contribution in [0.5, 0.6) is 5.75 Å². The molecule has 0 spiro atoms. The zero-order valence-corrected chi connectivity index (χ0v) is 8.94. The van der Waals surface area contributed by atoms with E-state index in [1.165, 1.54) is 0 Å². The maximum Gasteiger partial charge on any atom is 0.127 e. The first-order valence-electron chi connectivity index (χ1n) is 4.41. The van der Waals surface area contributed by atoms with Crippen molar-refractivity contribution in [3.05, 3.63) is 41.7 Å². The number of benzene rings is 1. The molecule has 0 amide bonds. The van der Waals surface area contributed by atoms with Gasteiger partial charge in [0, 0.05) is 5.56 Å². The lowest BCUT2D eigenvalue weighted by molar-refractivity contribution is 0.211. The molecule has 0 aliphatic rings. The van der Waals surface area contributed by atoms with Gasteiger partial charge in [-0.3, -0.25) is 0 Å². The summed E-state index contributed by atoms with van der Waals surface area (Å²) in [5.74, 6) is 0.651. The molecule has 1 atom stereocenters. The van der Waals surface area contributed by atoms with Crippen LogP contribution in [0.1, 0.15) is 17.4 Å². The van der Waals surface area contributed by atoms with E-state index >= 15 is 0 Å². The molecule has 0 aliphatic heterocycles. The number of methoxy groups -OCH3 is 1. The first-order chi connectivity index (χ1) is 7.33. The molecule has 0 radical (unpaired) electrons. The molecule has 0 saturated carbocycles. The summed E-state index contributed by atoms with van der Waals surface area (Å²) in [4.78, 5) is 0. The van der Waals surface area contributed by atoms with Crippen LogP contribution in [0, 0.1) is 0 Å². The average molecular weight is 222 g/mol. The van der Waals surface area contributed by atoms with E-state index in [9.17, 15) is 5.11 Å². The van der Waals surface area contributed by atoms with Crippen molar-refractivity contribution >= 4 is 11.7 Å². The molecule has 2 rings (SSSR count). The van der Waals surface area contributed by atoms with Crippen molar-refractivity contribution in [1.29, 1.82) is 0 Å². The molecule has 1 aromatic heterocycles. The summed E-state index contributed by atoms with van der Waals surface area (Å²) in [6, 6.07) is 7.32. The van der Waals surface area contributed by atoms with Gasteiger partial charge in [0.05, 0.1) is 25.0 Å². The normalized spacial score (nSPS) is 12.4. The SMILES string of the molecule is COc1ccccc1C(O)c1cnsn1. The van der Waals surface area contributed by atoms with Gasteiger partial charge in [-0.15, -0.1) is 0 Å². The highest BCUT2D eigenvalue weighted by atomic mass is 32.1. The van der Waals surface area contributed by atoms with Crippen LogP contribution in [0.25, 0.3) is 0 Å². The van der Waals surface area contributed by atoms with Crippen LogP contribution in [-0.2, 0) is 0 Å². The molecule has 4 nitrogen and oxygen atoms in total. The minimum absolute atomic E-state index is 0.546. The fraction of sp³-hybridized carbons (Fsp3) is 0.200. The smallest absolute Gasteiger partial charge is 0.127 e. The summed E-state index contributed by atoms with van der Waals surface area (Å²) >= 11 is 1.08. The highest BCUT2D eigenvalue weighted by Gasteiger charge is 2.16. The molecule has 0 fully saturated rings. The Bertz CT molecular complexity index is 431. The van der Waals surface area contributed by atoms with Gasteiger partial charge in [0.2, 0.25) is 0 Å². The quantitative estimate of drug-likeness (QED) is 0.857. The van der Waals surface area contributed by atoms with E-state index in [1.54, 1.807) is 19.4 Å². The van der Waals surface area contributed by atoms with Crippen LogP contribution >= 0.6 is 11.7 Å². The second-order valence-electron chi connectivity index (χ2n) is 2.98. The average Bonchev–Trinajstić information content (AvgIpc) is 2.81. The number of ether oxygens (including phenoxy) is 1. The number of hydrogen-bond acceptors (Lipinski definition) is 5. The van der Waals surface area contributed by atoms with E-state index in [-0.39, 0.29) is 0 Å². The largest absolute Gasteiger partial charge is 0.496 e. The van der Waals surface area contributed by atoms with Gasteiger partial charge in [-0.25, -0.2) is 0 Å². The zero-order valence-electron chi connectivity index (χ0n) is 8.12. The van der Waals surface area contributed by atoms with Crippen molar-refractivity contribution < 1.29 is 9.84 Å². The summed E-state index contributed by atoms with van der Waals surface area (Å²) in [6.07, 6.45) is 0.779. The predicted octanol–water partition coefficient (Wildman–Crippen LogP) is 1.63. The lowest BCUT2D eigenvalue weighted by atomic mass is 10.1. The van der Waals surface area contributed by atoms with Crippen molar-refractivity contribution in [2.75, 3.05) is 7.11 Å². The Kier molecular flexibility index (Phi) is 2.94. The van der Waals surface area contributed by atoms with Gasteiger partial charge in [0.25, 0.3) is 0 Å². The lowest BCUT2D eigenvalue weighted by Crippen LogP contribution is -2.02. The minimum atomic E-state index is -0.778. The number of aliphatic hydroxyl groups is 1. The van der Waals surface area contributed by atoms with E-state index in [4.69, 9.17) is 4.74 Å². The van der Waals surface area contributed by atoms with Crippen LogP contribution < -0.4 is 4.74 Å². The van der Waals surface area contributed by atoms with Gasteiger partial charge in [-0.2, -0.15) is 8.75 Å². The second-order valence-corrected chi connectivity index (χ2v) is 3.53. The van der Waals surface area contributed by atoms with Crippen LogP contribution in [-0.4, -0.2) is 21.0 Å². The van der Waals surface area contributed by atoms with Gasteiger partial charge >= 0.3 is 0 Å². The maximum atomic E-state index is 10.0. The summed E-state index contributed by atoms with van der Waals surface area (Å²) in [5, 5.41) is 10.0. The third-order valence-corrected chi connectivity index (χ3v) is 2.58. The number of nitrogens with zero attached hydrogens (tertiary/aromatic N) is 2. The first-order valence-corrected chi connectivity index (χ1v) is 5.14. The molecule has 1 heterocycles. The monoisotopic (exact) mass is 222 g/mol. The van der Waals surface area contributed by atoms with Crippen LogP contribution in [0.15, 0.2) is 30.5 Å². The molecule has 0 saturated heterocycles. The Morgan fingerprint density at radius 3 is 2.87 bits per heavy atom. The van der Waals surface area contributed by atoms with Gasteiger partial charge in [-0.1, -0.05) is 18.2 Å². The molecule has 5 heteroatoms. The standard InChI is InChI=1S/C10H10N2O2S/c1-14-9-5-3-2-4-7(9)10(13)8-6-11-15-12-8/h2-6,10,13H,1H3. The van der Waals surface area contributed by atoms with Gasteiger partial charge in [-0.05, 0) is 6.07 Å². The molecule has 2 aromatic rings. The van der Waals surface area contributed by atoms with E-state index in [0.717, 1.165) is 11.7 Å². The summed E-state index contributed by atoms with van der Waals surface area (Å²) in [5.41, 5.74) is 1.25. The summed E-state index contributed by atoms with van der Waals surface area (Å²) in [6.45, 7) is 0. The Balaban J connectivity index is 2.37. The predicted molar refractivity (Wildman–Crippen MR) is 57.0 cm³/mol. The number of para-hydroxylation sites is 1. The molecule has 1 unspecified atom stereocenters. The minimum Gasteiger partial charge on any atom is -0.496 e. The Morgan fingerprint density at radius 2 is 2.20 bits per heavy atom. The Hall–Kier alpha value is -1.46. The topological polar surface area (TPSA) is 55.2 Å². The fourth-order valence-electron chi connectivity index (χ4n) is 1.34. The van der Waals surface area contributed by atoms with Crippen LogP contribution in [0.4, 0.5) is 0 Å². The highest BCUT2D eigenvalue weighted by Crippen LogP contribution is 2.28. The van der Waals surface area contributed by atoms with Crippen molar-refractivity contribution in [2.24, 2.45) is 0 Å². The third kappa shape index (κ3) is 1.98. The summed E-state index contributed by atoms with van der Waals surface area (Å²) < 4.78 is 13.0. The van der Waals surface area contributed by atoms with E-state index < -0.39 is 6.10 Å². The molecule has 1 aromatic carbocycles. The highest BCUT2D eigenvalue weighted by molar-refractivity contribution is 6.99. The second kappa shape index (κ2) is 4.37. The van der Waals surface area contributed by atoms with Crippen molar-refractivity contribution in [2.45, 2.75) is 6.10 Å². The van der Waals surface area contributed by atoms with Crippen molar-refractivity contribution in [1.82, 2.24) is 8.75 Å². The Labute approximate surface area is 91.5 Å². The molecule has 0 bridgehead atoms. The molecule has 1 N–H and O–H groups in total. The molecular weight excluding hydrogens is 212 g/mol. The van der Waals surface area contributed by atoms with E-state index in [2.05, 4.69) is 8.75 Å². The molecule has 15 heavy (non-hydrogen) atoms. The van der Waals surface area contributed by atoms with Gasteiger partial charge in [0.15, 0.2) is 0 Å². The first kappa shape index (κ1) is 10.1. The number of rotatable bonds is 3. The van der Waals surface area contributed by atoms with E-state index in [0.29, 0.717) is 17.0 Å². The number of aliphatic hydroxyl groups excluding tert-OH is 1. The van der Waals surface area contributed by atoms with Crippen molar-refractivity contribution in [3.63, 3.8) is 0 Å². The molecular formula is C10H10N2O2S. The Morgan fingerprint density at radius 1 is 1.40 bits per heavy atom. The van der Waals surface area contributed by atoms with Crippen LogP contribution in [0.2, 0.25) is 0 Å². The number of hydrogen-bond donors (Lipinski definition) is 1. The summed E-state index contributed by atoms with van der Waals surface area (Å²) in [7, 11) is 1.57. The van der Waals surface area contributed by atoms with Crippen molar-refractivity contribution in [3.8, 4) is 5.75 Å². The molecule has 0 aliphatic carbocycles.